The van der Waals surface area contributed by atoms with Crippen molar-refractivity contribution in [2.45, 2.75) is 12.8 Å². The minimum Gasteiger partial charge on any atom is -0.396 e. The predicted molar refractivity (Wildman–Crippen MR) is 70.7 cm³/mol. The number of aliphatic hydroxyl groups excluding tert-OH is 1. The van der Waals surface area contributed by atoms with Gasteiger partial charge in [-0.2, -0.15) is 0 Å². The first-order valence-electron chi connectivity index (χ1n) is 6.37. The van der Waals surface area contributed by atoms with E-state index in [0.29, 0.717) is 12.0 Å². The number of aliphatic hydroxyl groups is 1. The summed E-state index contributed by atoms with van der Waals surface area (Å²) in [6.07, 6.45) is 0.713. The molecule has 0 fully saturated rings. The maximum atomic E-state index is 13.6. The predicted octanol–water partition coefficient (Wildman–Crippen LogP) is 3.50. The Balaban J connectivity index is 2.09. The van der Waals surface area contributed by atoms with Gasteiger partial charge in [-0.1, -0.05) is 18.2 Å². The highest BCUT2D eigenvalue weighted by molar-refractivity contribution is 5.21. The Morgan fingerprint density at radius 3 is 2.30 bits per heavy atom. The fraction of sp³-hybridized carbons (Fsp3) is 0.250. The van der Waals surface area contributed by atoms with E-state index in [-0.39, 0.29) is 24.8 Å². The van der Waals surface area contributed by atoms with Crippen LogP contribution in [0, 0.1) is 23.4 Å². The van der Waals surface area contributed by atoms with Crippen molar-refractivity contribution in [1.29, 1.82) is 0 Å². The van der Waals surface area contributed by atoms with Crippen molar-refractivity contribution in [3.8, 4) is 0 Å². The zero-order chi connectivity index (χ0) is 14.5. The van der Waals surface area contributed by atoms with Crippen LogP contribution in [0.15, 0.2) is 42.5 Å². The first kappa shape index (κ1) is 14.6. The van der Waals surface area contributed by atoms with Gasteiger partial charge in [0.1, 0.15) is 17.5 Å². The van der Waals surface area contributed by atoms with Crippen LogP contribution in [0.2, 0.25) is 0 Å². The van der Waals surface area contributed by atoms with Gasteiger partial charge in [-0.05, 0) is 48.1 Å². The van der Waals surface area contributed by atoms with Crippen LogP contribution < -0.4 is 0 Å². The van der Waals surface area contributed by atoms with Crippen molar-refractivity contribution >= 4 is 0 Å². The van der Waals surface area contributed by atoms with Gasteiger partial charge in [0.15, 0.2) is 0 Å². The van der Waals surface area contributed by atoms with E-state index in [1.165, 1.54) is 24.3 Å². The first-order valence-corrected chi connectivity index (χ1v) is 6.37. The van der Waals surface area contributed by atoms with Gasteiger partial charge in [0, 0.05) is 12.7 Å². The lowest BCUT2D eigenvalue weighted by Gasteiger charge is -2.15. The molecule has 0 saturated heterocycles. The van der Waals surface area contributed by atoms with E-state index in [1.54, 1.807) is 12.1 Å². The topological polar surface area (TPSA) is 20.2 Å². The quantitative estimate of drug-likeness (QED) is 0.888. The normalized spacial score (nSPS) is 12.4. The summed E-state index contributed by atoms with van der Waals surface area (Å²) in [4.78, 5) is 0. The Morgan fingerprint density at radius 1 is 0.900 bits per heavy atom. The maximum Gasteiger partial charge on any atom is 0.129 e. The summed E-state index contributed by atoms with van der Waals surface area (Å²) in [6.45, 7) is -0.146. The second-order valence-electron chi connectivity index (χ2n) is 4.82. The number of halogens is 3. The van der Waals surface area contributed by atoms with E-state index in [0.717, 1.165) is 11.6 Å². The monoisotopic (exact) mass is 280 g/mol. The lowest BCUT2D eigenvalue weighted by Crippen LogP contribution is -2.14. The third kappa shape index (κ3) is 3.84. The summed E-state index contributed by atoms with van der Waals surface area (Å²) in [5, 5.41) is 9.37. The Morgan fingerprint density at radius 2 is 1.65 bits per heavy atom. The van der Waals surface area contributed by atoms with Crippen LogP contribution >= 0.6 is 0 Å². The van der Waals surface area contributed by atoms with Gasteiger partial charge in [-0.3, -0.25) is 0 Å². The zero-order valence-electron chi connectivity index (χ0n) is 10.8. The number of rotatable bonds is 5. The molecule has 0 saturated carbocycles. The Hall–Kier alpha value is -1.81. The van der Waals surface area contributed by atoms with E-state index in [4.69, 9.17) is 0 Å². The van der Waals surface area contributed by atoms with Gasteiger partial charge in [-0.25, -0.2) is 13.2 Å². The highest BCUT2D eigenvalue weighted by Gasteiger charge is 2.13. The standard InChI is InChI=1S/C16H15F3O/c17-14-3-1-2-11(8-14)6-12(10-20)7-13-4-5-15(18)9-16(13)19/h1-5,8-9,12,20H,6-7,10H2. The number of benzene rings is 2. The molecule has 0 radical (unpaired) electrons. The van der Waals surface area contributed by atoms with Gasteiger partial charge >= 0.3 is 0 Å². The maximum absolute atomic E-state index is 13.6. The minimum absolute atomic E-state index is 0.146. The second-order valence-corrected chi connectivity index (χ2v) is 4.82. The van der Waals surface area contributed by atoms with E-state index in [1.807, 2.05) is 0 Å². The summed E-state index contributed by atoms with van der Waals surface area (Å²) >= 11 is 0. The molecule has 0 aromatic heterocycles. The average Bonchev–Trinajstić information content (AvgIpc) is 2.41. The van der Waals surface area contributed by atoms with E-state index in [2.05, 4.69) is 0 Å². The van der Waals surface area contributed by atoms with Crippen LogP contribution in [-0.4, -0.2) is 11.7 Å². The van der Waals surface area contributed by atoms with Crippen molar-refractivity contribution in [1.82, 2.24) is 0 Å². The van der Waals surface area contributed by atoms with Gasteiger partial charge in [0.2, 0.25) is 0 Å². The highest BCUT2D eigenvalue weighted by atomic mass is 19.1. The molecule has 106 valence electrons. The Labute approximate surface area is 115 Å². The second kappa shape index (κ2) is 6.57. The molecular formula is C16H15F3O. The number of hydrogen-bond donors (Lipinski definition) is 1. The van der Waals surface area contributed by atoms with Gasteiger partial charge < -0.3 is 5.11 Å². The summed E-state index contributed by atoms with van der Waals surface area (Å²) in [5.41, 5.74) is 1.09. The molecule has 2 aromatic rings. The molecule has 1 unspecified atom stereocenters. The molecule has 0 aliphatic carbocycles. The molecule has 0 bridgehead atoms. The minimum atomic E-state index is -0.628. The van der Waals surface area contributed by atoms with Crippen molar-refractivity contribution < 1.29 is 18.3 Å². The molecule has 1 nitrogen and oxygen atoms in total. The molecule has 1 atom stereocenters. The van der Waals surface area contributed by atoms with Crippen molar-refractivity contribution in [3.05, 3.63) is 71.0 Å². The third-order valence-electron chi connectivity index (χ3n) is 3.20. The van der Waals surface area contributed by atoms with E-state index >= 15 is 0 Å². The van der Waals surface area contributed by atoms with Crippen molar-refractivity contribution in [2.24, 2.45) is 5.92 Å². The van der Waals surface area contributed by atoms with Crippen LogP contribution in [0.1, 0.15) is 11.1 Å². The average molecular weight is 280 g/mol. The van der Waals surface area contributed by atoms with Gasteiger partial charge in [0.25, 0.3) is 0 Å². The summed E-state index contributed by atoms with van der Waals surface area (Å²) in [6, 6.07) is 9.48. The van der Waals surface area contributed by atoms with Crippen LogP contribution in [0.4, 0.5) is 13.2 Å². The zero-order valence-corrected chi connectivity index (χ0v) is 10.8. The molecule has 2 aromatic carbocycles. The highest BCUT2D eigenvalue weighted by Crippen LogP contribution is 2.18. The number of hydrogen-bond acceptors (Lipinski definition) is 1. The summed E-state index contributed by atoms with van der Waals surface area (Å²) in [5.74, 6) is -1.83. The smallest absolute Gasteiger partial charge is 0.129 e. The lowest BCUT2D eigenvalue weighted by molar-refractivity contribution is 0.224. The summed E-state index contributed by atoms with van der Waals surface area (Å²) in [7, 11) is 0. The fourth-order valence-electron chi connectivity index (χ4n) is 2.20. The first-order chi connectivity index (χ1) is 9.58. The van der Waals surface area contributed by atoms with Crippen LogP contribution in [-0.2, 0) is 12.8 Å². The Kier molecular flexibility index (Phi) is 4.79. The molecule has 0 amide bonds. The fourth-order valence-corrected chi connectivity index (χ4v) is 2.20. The Bertz CT molecular complexity index is 584. The molecule has 0 spiro atoms. The molecular weight excluding hydrogens is 265 g/mol. The molecule has 0 heterocycles. The van der Waals surface area contributed by atoms with Crippen LogP contribution in [0.3, 0.4) is 0 Å². The SMILES string of the molecule is OCC(Cc1cccc(F)c1)Cc1ccc(F)cc1F. The van der Waals surface area contributed by atoms with Crippen LogP contribution in [0.5, 0.6) is 0 Å². The lowest BCUT2D eigenvalue weighted by atomic mass is 9.93. The third-order valence-corrected chi connectivity index (χ3v) is 3.20. The molecule has 1 N–H and O–H groups in total. The van der Waals surface area contributed by atoms with Crippen molar-refractivity contribution in [2.75, 3.05) is 6.61 Å². The summed E-state index contributed by atoms with van der Waals surface area (Å²) < 4.78 is 39.5. The van der Waals surface area contributed by atoms with Gasteiger partial charge in [0.05, 0.1) is 0 Å². The van der Waals surface area contributed by atoms with Crippen LogP contribution in [0.25, 0.3) is 0 Å². The van der Waals surface area contributed by atoms with E-state index < -0.39 is 11.6 Å². The van der Waals surface area contributed by atoms with Gasteiger partial charge in [-0.15, -0.1) is 0 Å². The molecule has 2 rings (SSSR count). The van der Waals surface area contributed by atoms with E-state index in [9.17, 15) is 18.3 Å². The van der Waals surface area contributed by atoms with Crippen molar-refractivity contribution in [3.63, 3.8) is 0 Å². The largest absolute Gasteiger partial charge is 0.396 e. The molecule has 0 aliphatic heterocycles. The molecule has 4 heteroatoms. The molecule has 20 heavy (non-hydrogen) atoms. The molecule has 0 aliphatic rings.